The van der Waals surface area contributed by atoms with Crippen LogP contribution >= 0.6 is 12.2 Å². The van der Waals surface area contributed by atoms with Crippen LogP contribution in [0, 0.1) is 0 Å². The average Bonchev–Trinajstić information content (AvgIpc) is 2.72. The molecule has 0 saturated carbocycles. The number of amidine groups is 1. The van der Waals surface area contributed by atoms with E-state index in [2.05, 4.69) is 44.0 Å². The van der Waals surface area contributed by atoms with Crippen molar-refractivity contribution in [3.05, 3.63) is 29.8 Å². The van der Waals surface area contributed by atoms with E-state index in [4.69, 9.17) is 0 Å². The van der Waals surface area contributed by atoms with Crippen molar-refractivity contribution in [2.24, 2.45) is 10.1 Å². The summed E-state index contributed by atoms with van der Waals surface area (Å²) in [6.45, 7) is 0. The van der Waals surface area contributed by atoms with Crippen LogP contribution in [-0.2, 0) is 0 Å². The van der Waals surface area contributed by atoms with Gasteiger partial charge in [-0.05, 0) is 36.5 Å². The zero-order valence-electron chi connectivity index (χ0n) is 7.11. The van der Waals surface area contributed by atoms with Crippen LogP contribution in [0.4, 0.5) is 5.69 Å². The molecular formula is C8H7N5S. The van der Waals surface area contributed by atoms with E-state index in [9.17, 15) is 0 Å². The molecule has 0 spiro atoms. The molecule has 2 rings (SSSR count). The van der Waals surface area contributed by atoms with Gasteiger partial charge in [-0.2, -0.15) is 4.99 Å². The normalized spacial score (nSPS) is 13.6. The highest BCUT2D eigenvalue weighted by atomic mass is 32.1. The van der Waals surface area contributed by atoms with Gasteiger partial charge in [0.1, 0.15) is 0 Å². The molecule has 0 aromatic heterocycles. The average molecular weight is 205 g/mol. The number of nitrogens with one attached hydrogen (secondary N) is 3. The third-order valence-electron chi connectivity index (χ3n) is 1.72. The molecule has 1 aliphatic rings. The molecule has 0 atom stereocenters. The summed E-state index contributed by atoms with van der Waals surface area (Å²) >= 11 is 4.50. The van der Waals surface area contributed by atoms with Crippen LogP contribution < -0.4 is 16.5 Å². The quantitative estimate of drug-likeness (QED) is 0.491. The van der Waals surface area contributed by atoms with Crippen molar-refractivity contribution in [2.45, 2.75) is 0 Å². The molecule has 5 nitrogen and oxygen atoms in total. The summed E-state index contributed by atoms with van der Waals surface area (Å²) in [6, 6.07) is 7.48. The first-order chi connectivity index (χ1) is 6.90. The summed E-state index contributed by atoms with van der Waals surface area (Å²) in [5.74, 6) is 0.739. The molecule has 3 N–H and O–H groups in total. The number of aliphatic imine (C=N–C) groups is 1. The SMILES string of the molecule is S=C=Nc1ccc(C2=NNNN2)cc1. The fourth-order valence-electron chi connectivity index (χ4n) is 1.08. The second kappa shape index (κ2) is 3.97. The van der Waals surface area contributed by atoms with Gasteiger partial charge in [0.15, 0.2) is 5.84 Å². The van der Waals surface area contributed by atoms with Crippen LogP contribution in [0.15, 0.2) is 34.4 Å². The third-order valence-corrected chi connectivity index (χ3v) is 1.81. The maximum Gasteiger partial charge on any atom is 0.170 e. The number of rotatable bonds is 2. The second-order valence-electron chi connectivity index (χ2n) is 2.57. The van der Waals surface area contributed by atoms with Gasteiger partial charge in [0.2, 0.25) is 0 Å². The lowest BCUT2D eigenvalue weighted by molar-refractivity contribution is 0.577. The number of hydrazine groups is 2. The molecule has 0 saturated heterocycles. The molecule has 1 aromatic rings. The van der Waals surface area contributed by atoms with Crippen LogP contribution in [0.3, 0.4) is 0 Å². The molecule has 14 heavy (non-hydrogen) atoms. The van der Waals surface area contributed by atoms with E-state index in [-0.39, 0.29) is 0 Å². The van der Waals surface area contributed by atoms with Crippen molar-refractivity contribution < 1.29 is 0 Å². The Hall–Kier alpha value is -1.75. The van der Waals surface area contributed by atoms with Crippen molar-refractivity contribution in [3.8, 4) is 0 Å². The minimum Gasteiger partial charge on any atom is -0.285 e. The third kappa shape index (κ3) is 1.77. The van der Waals surface area contributed by atoms with E-state index < -0.39 is 0 Å². The van der Waals surface area contributed by atoms with Gasteiger partial charge in [0.25, 0.3) is 0 Å². The van der Waals surface area contributed by atoms with Crippen LogP contribution in [0.5, 0.6) is 0 Å². The fourth-order valence-corrected chi connectivity index (χ4v) is 1.19. The zero-order valence-corrected chi connectivity index (χ0v) is 7.93. The lowest BCUT2D eigenvalue weighted by Gasteiger charge is -1.99. The Labute approximate surface area is 85.9 Å². The highest BCUT2D eigenvalue weighted by Gasteiger charge is 2.06. The van der Waals surface area contributed by atoms with E-state index in [1.165, 1.54) is 0 Å². The topological polar surface area (TPSA) is 60.8 Å². The van der Waals surface area contributed by atoms with Gasteiger partial charge in [-0.15, -0.1) is 10.6 Å². The summed E-state index contributed by atoms with van der Waals surface area (Å²) in [4.78, 5) is 3.85. The predicted molar refractivity (Wildman–Crippen MR) is 57.1 cm³/mol. The standard InChI is InChI=1S/C8H7N5S/c14-5-9-7-3-1-6(2-4-7)8-10-12-13-11-8/h1-4,12-13H,(H,10,11). The van der Waals surface area contributed by atoms with E-state index in [0.717, 1.165) is 17.1 Å². The predicted octanol–water partition coefficient (Wildman–Crippen LogP) is 0.695. The molecule has 1 aliphatic heterocycles. The zero-order chi connectivity index (χ0) is 9.80. The summed E-state index contributed by atoms with van der Waals surface area (Å²) in [5, 5.41) is 6.27. The molecule has 1 heterocycles. The minimum absolute atomic E-state index is 0.739. The maximum absolute atomic E-state index is 4.50. The lowest BCUT2D eigenvalue weighted by Crippen LogP contribution is -2.35. The lowest BCUT2D eigenvalue weighted by atomic mass is 10.2. The number of benzene rings is 1. The number of hydrogen-bond acceptors (Lipinski definition) is 6. The van der Waals surface area contributed by atoms with Crippen LogP contribution in [0.1, 0.15) is 5.56 Å². The van der Waals surface area contributed by atoms with E-state index in [0.29, 0.717) is 0 Å². The molecule has 0 amide bonds. The number of thiocarbonyl (C=S) groups is 1. The Bertz CT molecular complexity index is 404. The number of hydrazone groups is 1. The molecule has 6 heteroatoms. The summed E-state index contributed by atoms with van der Waals surface area (Å²) in [7, 11) is 0. The number of hydrogen-bond donors (Lipinski definition) is 3. The smallest absolute Gasteiger partial charge is 0.170 e. The Balaban J connectivity index is 2.25. The van der Waals surface area contributed by atoms with Crippen LogP contribution in [0.2, 0.25) is 0 Å². The molecule has 70 valence electrons. The number of nitrogens with zero attached hydrogens (tertiary/aromatic N) is 2. The molecule has 0 bridgehead atoms. The molecular weight excluding hydrogens is 198 g/mol. The molecule has 0 unspecified atom stereocenters. The van der Waals surface area contributed by atoms with Gasteiger partial charge in [-0.25, -0.2) is 5.53 Å². The van der Waals surface area contributed by atoms with Crippen LogP contribution in [0.25, 0.3) is 0 Å². The van der Waals surface area contributed by atoms with Crippen molar-refractivity contribution >= 4 is 28.9 Å². The minimum atomic E-state index is 0.739. The Kier molecular flexibility index (Phi) is 2.51. The first-order valence-corrected chi connectivity index (χ1v) is 4.33. The second-order valence-corrected chi connectivity index (χ2v) is 2.75. The van der Waals surface area contributed by atoms with Gasteiger partial charge < -0.3 is 0 Å². The summed E-state index contributed by atoms with van der Waals surface area (Å²) in [6.07, 6.45) is 0. The summed E-state index contributed by atoms with van der Waals surface area (Å²) < 4.78 is 0. The molecule has 0 aliphatic carbocycles. The highest BCUT2D eigenvalue weighted by molar-refractivity contribution is 7.78. The van der Waals surface area contributed by atoms with Crippen LogP contribution in [-0.4, -0.2) is 11.0 Å². The van der Waals surface area contributed by atoms with Crippen molar-refractivity contribution in [1.82, 2.24) is 16.5 Å². The molecule has 0 radical (unpaired) electrons. The first kappa shape index (κ1) is 8.83. The van der Waals surface area contributed by atoms with E-state index >= 15 is 0 Å². The van der Waals surface area contributed by atoms with Gasteiger partial charge >= 0.3 is 0 Å². The maximum atomic E-state index is 4.50. The molecule has 0 fully saturated rings. The highest BCUT2D eigenvalue weighted by Crippen LogP contribution is 2.12. The van der Waals surface area contributed by atoms with Gasteiger partial charge in [-0.3, -0.25) is 5.43 Å². The van der Waals surface area contributed by atoms with E-state index in [1.54, 1.807) is 0 Å². The fraction of sp³-hybridized carbons (Fsp3) is 0. The number of isothiocyanates is 1. The largest absolute Gasteiger partial charge is 0.285 e. The Morgan fingerprint density at radius 2 is 2.07 bits per heavy atom. The van der Waals surface area contributed by atoms with Gasteiger partial charge in [0.05, 0.1) is 10.8 Å². The van der Waals surface area contributed by atoms with Gasteiger partial charge in [-0.1, -0.05) is 0 Å². The summed E-state index contributed by atoms with van der Waals surface area (Å²) in [5.41, 5.74) is 9.83. The van der Waals surface area contributed by atoms with Crippen molar-refractivity contribution in [3.63, 3.8) is 0 Å². The Morgan fingerprint density at radius 1 is 1.29 bits per heavy atom. The van der Waals surface area contributed by atoms with Crippen molar-refractivity contribution in [2.75, 3.05) is 0 Å². The Morgan fingerprint density at radius 3 is 2.64 bits per heavy atom. The van der Waals surface area contributed by atoms with E-state index in [1.807, 2.05) is 24.3 Å². The van der Waals surface area contributed by atoms with Gasteiger partial charge in [0, 0.05) is 5.56 Å². The first-order valence-electron chi connectivity index (χ1n) is 3.92. The van der Waals surface area contributed by atoms with Crippen molar-refractivity contribution in [1.29, 1.82) is 0 Å². The molecule has 1 aromatic carbocycles. The monoisotopic (exact) mass is 205 g/mol.